The van der Waals surface area contributed by atoms with Crippen molar-refractivity contribution in [2.24, 2.45) is 0 Å². The van der Waals surface area contributed by atoms with E-state index >= 15 is 0 Å². The molecular weight excluding hydrogens is 420 g/mol. The summed E-state index contributed by atoms with van der Waals surface area (Å²) in [5.74, 6) is 1.21. The molecule has 164 valence electrons. The third-order valence-corrected chi connectivity index (χ3v) is 5.49. The van der Waals surface area contributed by atoms with Crippen LogP contribution in [0.4, 0.5) is 0 Å². The molecule has 0 saturated heterocycles. The number of rotatable bonds is 4. The molecular formula is C27H20O6. The first-order valence-corrected chi connectivity index (χ1v) is 10.4. The predicted octanol–water partition coefficient (Wildman–Crippen LogP) is 5.24. The number of para-hydroxylation sites is 2. The normalized spacial score (nSPS) is 17.4. The Hall–Kier alpha value is -4.32. The number of ketones is 1. The van der Waals surface area contributed by atoms with Gasteiger partial charge in [0.15, 0.2) is 5.76 Å². The van der Waals surface area contributed by atoms with Crippen molar-refractivity contribution in [3.63, 3.8) is 0 Å². The number of methoxy groups -OCH3 is 1. The fourth-order valence-corrected chi connectivity index (χ4v) is 3.78. The SMILES string of the molecule is COc1ccccc1C(=O)Oc1ccc2c(c1)OC(=CC1=Cc3ccccc3O[C@@H]1C)C2=O. The van der Waals surface area contributed by atoms with Crippen LogP contribution in [-0.2, 0) is 0 Å². The van der Waals surface area contributed by atoms with Crippen LogP contribution < -0.4 is 18.9 Å². The minimum atomic E-state index is -0.565. The summed E-state index contributed by atoms with van der Waals surface area (Å²) in [6.45, 7) is 1.92. The molecule has 3 aromatic carbocycles. The number of hydrogen-bond acceptors (Lipinski definition) is 6. The average molecular weight is 440 g/mol. The number of carbonyl (C=O) groups excluding carboxylic acids is 2. The second-order valence-electron chi connectivity index (χ2n) is 7.63. The summed E-state index contributed by atoms with van der Waals surface area (Å²) in [5.41, 5.74) is 2.48. The summed E-state index contributed by atoms with van der Waals surface area (Å²) in [4.78, 5) is 25.5. The lowest BCUT2D eigenvalue weighted by molar-refractivity contribution is 0.0731. The Bertz CT molecular complexity index is 1330. The van der Waals surface area contributed by atoms with Gasteiger partial charge in [0.1, 0.15) is 34.7 Å². The van der Waals surface area contributed by atoms with E-state index in [2.05, 4.69) is 0 Å². The van der Waals surface area contributed by atoms with E-state index in [-0.39, 0.29) is 23.4 Å². The first kappa shape index (κ1) is 20.6. The standard InChI is InChI=1S/C27H20O6/c1-16-18(13-17-7-3-5-9-22(17)31-16)14-25-26(28)20-12-11-19(15-24(20)33-25)32-27(29)21-8-4-6-10-23(21)30-2/h3-16H,1-2H3/t16-/m1/s1. The van der Waals surface area contributed by atoms with E-state index in [1.807, 2.05) is 37.3 Å². The molecule has 0 aliphatic carbocycles. The van der Waals surface area contributed by atoms with Gasteiger partial charge in [0.2, 0.25) is 5.78 Å². The number of carbonyl (C=O) groups is 2. The van der Waals surface area contributed by atoms with Gasteiger partial charge in [0.05, 0.1) is 12.7 Å². The summed E-state index contributed by atoms with van der Waals surface area (Å²) in [6, 6.07) is 19.2. The van der Waals surface area contributed by atoms with Crippen molar-refractivity contribution in [1.29, 1.82) is 0 Å². The number of Topliss-reactive ketones (excluding diaryl/α,β-unsaturated/α-hetero) is 1. The average Bonchev–Trinajstić information content (AvgIpc) is 3.13. The van der Waals surface area contributed by atoms with Gasteiger partial charge in [-0.25, -0.2) is 4.79 Å². The highest BCUT2D eigenvalue weighted by molar-refractivity contribution is 6.12. The molecule has 0 amide bonds. The zero-order valence-electron chi connectivity index (χ0n) is 18.0. The Kier molecular flexibility index (Phi) is 5.18. The number of ether oxygens (including phenoxy) is 4. The molecule has 0 aromatic heterocycles. The summed E-state index contributed by atoms with van der Waals surface area (Å²) in [5, 5.41) is 0. The molecule has 2 heterocycles. The molecule has 2 aliphatic rings. The molecule has 0 fully saturated rings. The summed E-state index contributed by atoms with van der Waals surface area (Å²) in [6.07, 6.45) is 3.45. The molecule has 6 nitrogen and oxygen atoms in total. The van der Waals surface area contributed by atoms with Gasteiger partial charge in [0, 0.05) is 11.6 Å². The Morgan fingerprint density at radius 2 is 1.79 bits per heavy atom. The van der Waals surface area contributed by atoms with Crippen molar-refractivity contribution in [3.05, 3.63) is 101 Å². The molecule has 0 bridgehead atoms. The smallest absolute Gasteiger partial charge is 0.347 e. The minimum Gasteiger partial charge on any atom is -0.496 e. The number of benzene rings is 3. The highest BCUT2D eigenvalue weighted by Crippen LogP contribution is 2.37. The Labute approximate surface area is 190 Å². The van der Waals surface area contributed by atoms with Crippen molar-refractivity contribution >= 4 is 17.8 Å². The van der Waals surface area contributed by atoms with Gasteiger partial charge >= 0.3 is 5.97 Å². The summed E-state index contributed by atoms with van der Waals surface area (Å²) < 4.78 is 22.5. The third kappa shape index (κ3) is 3.87. The minimum absolute atomic E-state index is 0.194. The Balaban J connectivity index is 1.38. The highest BCUT2D eigenvalue weighted by Gasteiger charge is 2.30. The number of esters is 1. The van der Waals surface area contributed by atoms with Crippen molar-refractivity contribution in [1.82, 2.24) is 0 Å². The van der Waals surface area contributed by atoms with Crippen LogP contribution in [-0.4, -0.2) is 25.0 Å². The van der Waals surface area contributed by atoms with Crippen LogP contribution in [0.5, 0.6) is 23.0 Å². The first-order valence-electron chi connectivity index (χ1n) is 10.4. The van der Waals surface area contributed by atoms with E-state index < -0.39 is 5.97 Å². The van der Waals surface area contributed by atoms with Gasteiger partial charge in [-0.1, -0.05) is 30.3 Å². The van der Waals surface area contributed by atoms with Crippen LogP contribution >= 0.6 is 0 Å². The lowest BCUT2D eigenvalue weighted by Crippen LogP contribution is -2.18. The largest absolute Gasteiger partial charge is 0.496 e. The number of fused-ring (bicyclic) bond motifs is 2. The lowest BCUT2D eigenvalue weighted by Gasteiger charge is -2.22. The summed E-state index contributed by atoms with van der Waals surface area (Å²) >= 11 is 0. The molecule has 0 unspecified atom stereocenters. The van der Waals surface area contributed by atoms with Crippen LogP contribution in [0.3, 0.4) is 0 Å². The monoisotopic (exact) mass is 440 g/mol. The fraction of sp³-hybridized carbons (Fsp3) is 0.111. The van der Waals surface area contributed by atoms with Gasteiger partial charge in [-0.3, -0.25) is 4.79 Å². The second kappa shape index (κ2) is 8.31. The molecule has 0 N–H and O–H groups in total. The van der Waals surface area contributed by atoms with Crippen molar-refractivity contribution < 1.29 is 28.5 Å². The van der Waals surface area contributed by atoms with E-state index in [0.29, 0.717) is 22.6 Å². The lowest BCUT2D eigenvalue weighted by atomic mass is 10.0. The highest BCUT2D eigenvalue weighted by atomic mass is 16.5. The molecule has 33 heavy (non-hydrogen) atoms. The van der Waals surface area contributed by atoms with Crippen molar-refractivity contribution in [2.45, 2.75) is 13.0 Å². The van der Waals surface area contributed by atoms with Crippen LogP contribution in [0, 0.1) is 0 Å². The molecule has 5 rings (SSSR count). The molecule has 3 aromatic rings. The number of hydrogen-bond donors (Lipinski definition) is 0. The molecule has 1 atom stereocenters. The van der Waals surface area contributed by atoms with Crippen LogP contribution in [0.15, 0.2) is 84.1 Å². The van der Waals surface area contributed by atoms with Gasteiger partial charge < -0.3 is 18.9 Å². The van der Waals surface area contributed by atoms with Gasteiger partial charge in [-0.2, -0.15) is 0 Å². The molecule has 2 aliphatic heterocycles. The van der Waals surface area contributed by atoms with Gasteiger partial charge in [-0.05, 0) is 55.0 Å². The molecule has 0 saturated carbocycles. The van der Waals surface area contributed by atoms with Crippen LogP contribution in [0.1, 0.15) is 33.2 Å². The van der Waals surface area contributed by atoms with Crippen LogP contribution in [0.25, 0.3) is 6.08 Å². The van der Waals surface area contributed by atoms with E-state index in [1.165, 1.54) is 13.2 Å². The molecule has 0 radical (unpaired) electrons. The first-order chi connectivity index (χ1) is 16.0. The topological polar surface area (TPSA) is 71.1 Å². The summed E-state index contributed by atoms with van der Waals surface area (Å²) in [7, 11) is 1.49. The zero-order valence-corrected chi connectivity index (χ0v) is 18.0. The van der Waals surface area contributed by atoms with Gasteiger partial charge in [0.25, 0.3) is 0 Å². The van der Waals surface area contributed by atoms with E-state index in [9.17, 15) is 9.59 Å². The van der Waals surface area contributed by atoms with E-state index in [0.717, 1.165) is 16.9 Å². The van der Waals surface area contributed by atoms with E-state index in [4.69, 9.17) is 18.9 Å². The van der Waals surface area contributed by atoms with Crippen LogP contribution in [0.2, 0.25) is 0 Å². The second-order valence-corrected chi connectivity index (χ2v) is 7.63. The maximum absolute atomic E-state index is 12.9. The fourth-order valence-electron chi connectivity index (χ4n) is 3.78. The zero-order chi connectivity index (χ0) is 22.9. The maximum atomic E-state index is 12.9. The molecule has 0 spiro atoms. The number of allylic oxidation sites excluding steroid dienone is 1. The third-order valence-electron chi connectivity index (χ3n) is 5.49. The Morgan fingerprint density at radius 3 is 2.64 bits per heavy atom. The quantitative estimate of drug-likeness (QED) is 0.314. The van der Waals surface area contributed by atoms with Crippen molar-refractivity contribution in [3.8, 4) is 23.0 Å². The van der Waals surface area contributed by atoms with Gasteiger partial charge in [-0.15, -0.1) is 0 Å². The molecule has 6 heteroatoms. The van der Waals surface area contributed by atoms with Crippen molar-refractivity contribution in [2.75, 3.05) is 7.11 Å². The predicted molar refractivity (Wildman–Crippen MR) is 122 cm³/mol. The maximum Gasteiger partial charge on any atom is 0.347 e. The Morgan fingerprint density at radius 1 is 1.00 bits per heavy atom. The van der Waals surface area contributed by atoms with E-state index in [1.54, 1.807) is 42.5 Å².